The van der Waals surface area contributed by atoms with Crippen LogP contribution in [0.25, 0.3) is 0 Å². The van der Waals surface area contributed by atoms with Gasteiger partial charge in [-0.15, -0.1) is 0 Å². The van der Waals surface area contributed by atoms with Crippen molar-refractivity contribution in [2.45, 2.75) is 25.2 Å². The summed E-state index contributed by atoms with van der Waals surface area (Å²) >= 11 is 0. The number of nitrogens with two attached hydrogens (primary N) is 2. The minimum absolute atomic E-state index is 0.0428. The zero-order valence-electron chi connectivity index (χ0n) is 10.1. The fourth-order valence-corrected chi connectivity index (χ4v) is 2.16. The van der Waals surface area contributed by atoms with E-state index < -0.39 is 10.0 Å². The zero-order valence-corrected chi connectivity index (χ0v) is 10.9. The Morgan fingerprint density at radius 3 is 2.53 bits per heavy atom. The van der Waals surface area contributed by atoms with Crippen molar-refractivity contribution in [2.75, 3.05) is 17.6 Å². The van der Waals surface area contributed by atoms with Crippen molar-refractivity contribution >= 4 is 21.4 Å². The molecule has 1 aromatic carbocycles. The van der Waals surface area contributed by atoms with E-state index in [1.54, 1.807) is 12.1 Å². The smallest absolute Gasteiger partial charge is 0.240 e. The molecule has 0 fully saturated rings. The van der Waals surface area contributed by atoms with Gasteiger partial charge >= 0.3 is 0 Å². The third-order valence-corrected chi connectivity index (χ3v) is 3.30. The summed E-state index contributed by atoms with van der Waals surface area (Å²) in [5.41, 5.74) is 6.43. The van der Waals surface area contributed by atoms with Crippen LogP contribution >= 0.6 is 0 Å². The van der Waals surface area contributed by atoms with E-state index in [0.29, 0.717) is 23.8 Å². The molecule has 0 aliphatic rings. The van der Waals surface area contributed by atoms with Crippen LogP contribution in [0.4, 0.5) is 11.4 Å². The highest BCUT2D eigenvalue weighted by Crippen LogP contribution is 2.22. The van der Waals surface area contributed by atoms with Crippen LogP contribution in [0.2, 0.25) is 0 Å². The number of hydrogen-bond donors (Lipinski definition) is 3. The van der Waals surface area contributed by atoms with Crippen molar-refractivity contribution in [1.29, 1.82) is 0 Å². The van der Waals surface area contributed by atoms with Crippen molar-refractivity contribution in [2.24, 2.45) is 11.1 Å². The van der Waals surface area contributed by atoms with E-state index in [2.05, 4.69) is 19.2 Å². The number of anilines is 2. The Hall–Kier alpha value is -1.27. The van der Waals surface area contributed by atoms with Crippen LogP contribution in [0.1, 0.15) is 20.3 Å². The van der Waals surface area contributed by atoms with Gasteiger partial charge in [-0.3, -0.25) is 0 Å². The topological polar surface area (TPSA) is 98.2 Å². The standard InChI is InChI=1S/C11H19N3O2S/c1-8(2)5-6-14-10-4-3-9(12)7-11(10)17(13,15)16/h3-4,7-8,14H,5-6,12H2,1-2H3,(H2,13,15,16). The average molecular weight is 257 g/mol. The molecule has 0 heterocycles. The average Bonchev–Trinajstić information content (AvgIpc) is 2.18. The monoisotopic (exact) mass is 257 g/mol. The first-order chi connectivity index (χ1) is 7.80. The number of sulfonamides is 1. The van der Waals surface area contributed by atoms with E-state index in [1.165, 1.54) is 6.07 Å². The fourth-order valence-electron chi connectivity index (χ4n) is 1.42. The second kappa shape index (κ2) is 5.37. The lowest BCUT2D eigenvalue weighted by Crippen LogP contribution is -2.16. The maximum Gasteiger partial charge on any atom is 0.240 e. The number of rotatable bonds is 5. The molecule has 1 rings (SSSR count). The van der Waals surface area contributed by atoms with Crippen molar-refractivity contribution in [3.8, 4) is 0 Å². The summed E-state index contributed by atoms with van der Waals surface area (Å²) in [5.74, 6) is 0.550. The molecule has 0 aromatic heterocycles. The van der Waals surface area contributed by atoms with E-state index in [9.17, 15) is 8.42 Å². The lowest BCUT2D eigenvalue weighted by molar-refractivity contribution is 0.597. The van der Waals surface area contributed by atoms with Crippen molar-refractivity contribution in [1.82, 2.24) is 0 Å². The molecule has 0 saturated carbocycles. The molecule has 0 bridgehead atoms. The summed E-state index contributed by atoms with van der Waals surface area (Å²) in [6.45, 7) is 4.90. The predicted octanol–water partition coefficient (Wildman–Crippen LogP) is 1.37. The van der Waals surface area contributed by atoms with Gasteiger partial charge in [-0.25, -0.2) is 13.6 Å². The highest BCUT2D eigenvalue weighted by atomic mass is 32.2. The van der Waals surface area contributed by atoms with Crippen molar-refractivity contribution in [3.63, 3.8) is 0 Å². The summed E-state index contributed by atoms with van der Waals surface area (Å²) in [6, 6.07) is 4.65. The number of nitrogen functional groups attached to an aromatic ring is 1. The molecule has 0 radical (unpaired) electrons. The molecule has 0 amide bonds. The lowest BCUT2D eigenvalue weighted by atomic mass is 10.1. The van der Waals surface area contributed by atoms with Crippen LogP contribution in [0.15, 0.2) is 23.1 Å². The molecule has 96 valence electrons. The highest BCUT2D eigenvalue weighted by molar-refractivity contribution is 7.89. The summed E-state index contributed by atoms with van der Waals surface area (Å²) in [6.07, 6.45) is 0.953. The van der Waals surface area contributed by atoms with Gasteiger partial charge in [0.2, 0.25) is 10.0 Å². The van der Waals surface area contributed by atoms with Gasteiger partial charge in [0, 0.05) is 12.2 Å². The number of nitrogens with one attached hydrogen (secondary N) is 1. The molecular weight excluding hydrogens is 238 g/mol. The van der Waals surface area contributed by atoms with E-state index in [-0.39, 0.29) is 4.90 Å². The second-order valence-electron chi connectivity index (χ2n) is 4.41. The van der Waals surface area contributed by atoms with Gasteiger partial charge < -0.3 is 11.1 Å². The van der Waals surface area contributed by atoms with E-state index in [4.69, 9.17) is 10.9 Å². The third-order valence-electron chi connectivity index (χ3n) is 2.35. The first-order valence-electron chi connectivity index (χ1n) is 5.47. The Bertz CT molecular complexity index is 483. The van der Waals surface area contributed by atoms with Gasteiger partial charge in [-0.1, -0.05) is 13.8 Å². The van der Waals surface area contributed by atoms with Crippen LogP contribution in [0.5, 0.6) is 0 Å². The Balaban J connectivity index is 2.92. The molecular formula is C11H19N3O2S. The summed E-state index contributed by atoms with van der Waals surface area (Å²) in [7, 11) is -3.75. The van der Waals surface area contributed by atoms with Crippen molar-refractivity contribution in [3.05, 3.63) is 18.2 Å². The molecule has 5 N–H and O–H groups in total. The molecule has 5 nitrogen and oxygen atoms in total. The molecule has 6 heteroatoms. The fraction of sp³-hybridized carbons (Fsp3) is 0.455. The Labute approximate surface area is 102 Å². The minimum atomic E-state index is -3.75. The van der Waals surface area contributed by atoms with Crippen LogP contribution < -0.4 is 16.2 Å². The number of benzene rings is 1. The van der Waals surface area contributed by atoms with Crippen LogP contribution in [-0.2, 0) is 10.0 Å². The van der Waals surface area contributed by atoms with Gasteiger partial charge in [0.05, 0.1) is 5.69 Å². The number of primary sulfonamides is 1. The lowest BCUT2D eigenvalue weighted by Gasteiger charge is -2.12. The summed E-state index contributed by atoms with van der Waals surface area (Å²) < 4.78 is 22.8. The molecule has 0 aliphatic heterocycles. The molecule has 0 atom stereocenters. The first-order valence-corrected chi connectivity index (χ1v) is 7.01. The third kappa shape index (κ3) is 4.24. The SMILES string of the molecule is CC(C)CCNc1ccc(N)cc1S(N)(=O)=O. The van der Waals surface area contributed by atoms with Gasteiger partial charge in [-0.2, -0.15) is 0 Å². The summed E-state index contributed by atoms with van der Waals surface area (Å²) in [4.78, 5) is 0.0428. The van der Waals surface area contributed by atoms with Gasteiger partial charge in [-0.05, 0) is 30.5 Å². The van der Waals surface area contributed by atoms with E-state index in [1.807, 2.05) is 0 Å². The van der Waals surface area contributed by atoms with Crippen LogP contribution in [0.3, 0.4) is 0 Å². The molecule has 0 unspecified atom stereocenters. The van der Waals surface area contributed by atoms with E-state index in [0.717, 1.165) is 6.42 Å². The maximum absolute atomic E-state index is 11.4. The quantitative estimate of drug-likeness (QED) is 0.694. The van der Waals surface area contributed by atoms with Crippen LogP contribution in [-0.4, -0.2) is 15.0 Å². The molecule has 0 spiro atoms. The highest BCUT2D eigenvalue weighted by Gasteiger charge is 2.14. The van der Waals surface area contributed by atoms with Crippen LogP contribution in [0, 0.1) is 5.92 Å². The molecule has 0 aliphatic carbocycles. The molecule has 1 aromatic rings. The first kappa shape index (κ1) is 13.8. The zero-order chi connectivity index (χ0) is 13.1. The van der Waals surface area contributed by atoms with Gasteiger partial charge in [0.25, 0.3) is 0 Å². The van der Waals surface area contributed by atoms with Crippen molar-refractivity contribution < 1.29 is 8.42 Å². The summed E-state index contributed by atoms with van der Waals surface area (Å²) in [5, 5.41) is 8.20. The Morgan fingerprint density at radius 1 is 1.35 bits per heavy atom. The molecule has 17 heavy (non-hydrogen) atoms. The number of hydrogen-bond acceptors (Lipinski definition) is 4. The normalized spacial score (nSPS) is 11.8. The Morgan fingerprint density at radius 2 is 2.00 bits per heavy atom. The Kier molecular flexibility index (Phi) is 4.36. The molecule has 0 saturated heterocycles. The minimum Gasteiger partial charge on any atom is -0.399 e. The largest absolute Gasteiger partial charge is 0.399 e. The maximum atomic E-state index is 11.4. The second-order valence-corrected chi connectivity index (χ2v) is 5.94. The van der Waals surface area contributed by atoms with E-state index >= 15 is 0 Å². The predicted molar refractivity (Wildman–Crippen MR) is 70.2 cm³/mol. The van der Waals surface area contributed by atoms with Gasteiger partial charge in [0.15, 0.2) is 0 Å². The van der Waals surface area contributed by atoms with Gasteiger partial charge in [0.1, 0.15) is 4.90 Å².